The Labute approximate surface area is 104 Å². The summed E-state index contributed by atoms with van der Waals surface area (Å²) in [7, 11) is 1.71. The SMILES string of the molecule is COC1CNC(C(=O)N2CCC(C(C)C)C2)C1. The lowest BCUT2D eigenvalue weighted by Gasteiger charge is -2.21. The van der Waals surface area contributed by atoms with E-state index < -0.39 is 0 Å². The molecule has 17 heavy (non-hydrogen) atoms. The maximum absolute atomic E-state index is 12.3. The highest BCUT2D eigenvalue weighted by Crippen LogP contribution is 2.25. The number of likely N-dealkylation sites (tertiary alicyclic amines) is 1. The van der Waals surface area contributed by atoms with Crippen LogP contribution < -0.4 is 5.32 Å². The molecule has 1 amide bonds. The van der Waals surface area contributed by atoms with Gasteiger partial charge in [0.2, 0.25) is 5.91 Å². The fraction of sp³-hybridized carbons (Fsp3) is 0.923. The predicted molar refractivity (Wildman–Crippen MR) is 66.7 cm³/mol. The molecule has 0 aliphatic carbocycles. The van der Waals surface area contributed by atoms with Crippen LogP contribution in [0.4, 0.5) is 0 Å². The van der Waals surface area contributed by atoms with Crippen molar-refractivity contribution in [3.05, 3.63) is 0 Å². The fourth-order valence-electron chi connectivity index (χ4n) is 2.82. The smallest absolute Gasteiger partial charge is 0.239 e. The zero-order valence-electron chi connectivity index (χ0n) is 11.1. The highest BCUT2D eigenvalue weighted by Gasteiger charge is 2.35. The van der Waals surface area contributed by atoms with Crippen molar-refractivity contribution in [2.45, 2.75) is 38.8 Å². The van der Waals surface area contributed by atoms with Gasteiger partial charge in [-0.2, -0.15) is 0 Å². The van der Waals surface area contributed by atoms with Crippen molar-refractivity contribution in [1.29, 1.82) is 0 Å². The Morgan fingerprint density at radius 2 is 2.24 bits per heavy atom. The average Bonchev–Trinajstić information content (AvgIpc) is 2.97. The molecule has 0 bridgehead atoms. The van der Waals surface area contributed by atoms with Crippen molar-refractivity contribution in [1.82, 2.24) is 10.2 Å². The molecular formula is C13H24N2O2. The first-order valence-corrected chi connectivity index (χ1v) is 6.66. The Hall–Kier alpha value is -0.610. The van der Waals surface area contributed by atoms with E-state index in [-0.39, 0.29) is 18.1 Å². The second kappa shape index (κ2) is 5.36. The maximum atomic E-state index is 12.3. The van der Waals surface area contributed by atoms with E-state index >= 15 is 0 Å². The molecule has 4 heteroatoms. The minimum absolute atomic E-state index is 0.0223. The summed E-state index contributed by atoms with van der Waals surface area (Å²) in [5.41, 5.74) is 0. The number of nitrogens with one attached hydrogen (secondary N) is 1. The summed E-state index contributed by atoms with van der Waals surface area (Å²) in [5.74, 6) is 1.63. The first-order valence-electron chi connectivity index (χ1n) is 6.66. The molecular weight excluding hydrogens is 216 g/mol. The van der Waals surface area contributed by atoms with Crippen LogP contribution in [0.2, 0.25) is 0 Å². The number of nitrogens with zero attached hydrogens (tertiary/aromatic N) is 1. The van der Waals surface area contributed by atoms with Crippen LogP contribution >= 0.6 is 0 Å². The zero-order chi connectivity index (χ0) is 12.4. The Kier molecular flexibility index (Phi) is 4.05. The first kappa shape index (κ1) is 12.8. The number of ether oxygens (including phenoxy) is 1. The van der Waals surface area contributed by atoms with Crippen LogP contribution in [0, 0.1) is 11.8 Å². The number of amides is 1. The summed E-state index contributed by atoms with van der Waals surface area (Å²) in [4.78, 5) is 14.3. The van der Waals surface area contributed by atoms with Gasteiger partial charge >= 0.3 is 0 Å². The first-order chi connectivity index (χ1) is 8.11. The molecule has 0 spiro atoms. The summed E-state index contributed by atoms with van der Waals surface area (Å²) in [6, 6.07) is -0.0223. The third-order valence-corrected chi connectivity index (χ3v) is 4.20. The van der Waals surface area contributed by atoms with Gasteiger partial charge in [-0.25, -0.2) is 0 Å². The van der Waals surface area contributed by atoms with Crippen molar-refractivity contribution >= 4 is 5.91 Å². The largest absolute Gasteiger partial charge is 0.380 e. The number of hydrogen-bond acceptors (Lipinski definition) is 3. The van der Waals surface area contributed by atoms with E-state index in [0.29, 0.717) is 11.8 Å². The van der Waals surface area contributed by atoms with Gasteiger partial charge in [-0.05, 0) is 24.7 Å². The van der Waals surface area contributed by atoms with Crippen molar-refractivity contribution < 1.29 is 9.53 Å². The van der Waals surface area contributed by atoms with Gasteiger partial charge in [-0.15, -0.1) is 0 Å². The molecule has 0 aromatic rings. The maximum Gasteiger partial charge on any atom is 0.239 e. The number of carbonyl (C=O) groups excluding carboxylic acids is 1. The molecule has 2 fully saturated rings. The van der Waals surface area contributed by atoms with Crippen LogP contribution in [0.5, 0.6) is 0 Å². The summed E-state index contributed by atoms with van der Waals surface area (Å²) >= 11 is 0. The van der Waals surface area contributed by atoms with Gasteiger partial charge in [0.05, 0.1) is 12.1 Å². The number of methoxy groups -OCH3 is 1. The lowest BCUT2D eigenvalue weighted by atomic mass is 9.95. The second-order valence-electron chi connectivity index (χ2n) is 5.63. The van der Waals surface area contributed by atoms with Gasteiger partial charge in [0, 0.05) is 26.7 Å². The average molecular weight is 240 g/mol. The van der Waals surface area contributed by atoms with Crippen molar-refractivity contribution in [3.63, 3.8) is 0 Å². The minimum Gasteiger partial charge on any atom is -0.380 e. The van der Waals surface area contributed by atoms with E-state index in [2.05, 4.69) is 19.2 Å². The third kappa shape index (κ3) is 2.80. The van der Waals surface area contributed by atoms with E-state index in [1.807, 2.05) is 4.90 Å². The highest BCUT2D eigenvalue weighted by atomic mass is 16.5. The van der Waals surface area contributed by atoms with Crippen molar-refractivity contribution in [3.8, 4) is 0 Å². The van der Waals surface area contributed by atoms with Crippen LogP contribution in [-0.4, -0.2) is 49.7 Å². The third-order valence-electron chi connectivity index (χ3n) is 4.20. The topological polar surface area (TPSA) is 41.6 Å². The molecule has 0 radical (unpaired) electrons. The lowest BCUT2D eigenvalue weighted by molar-refractivity contribution is -0.132. The zero-order valence-corrected chi connectivity index (χ0v) is 11.1. The number of rotatable bonds is 3. The fourth-order valence-corrected chi connectivity index (χ4v) is 2.82. The van der Waals surface area contributed by atoms with E-state index in [1.165, 1.54) is 0 Å². The van der Waals surface area contributed by atoms with Gasteiger partial charge in [0.1, 0.15) is 0 Å². The Morgan fingerprint density at radius 3 is 2.76 bits per heavy atom. The normalized spacial score (nSPS) is 33.6. The predicted octanol–water partition coefficient (Wildman–Crippen LogP) is 0.868. The molecule has 3 atom stereocenters. The van der Waals surface area contributed by atoms with E-state index in [4.69, 9.17) is 4.74 Å². The molecule has 3 unspecified atom stereocenters. The van der Waals surface area contributed by atoms with Crippen molar-refractivity contribution in [2.75, 3.05) is 26.7 Å². The number of hydrogen-bond donors (Lipinski definition) is 1. The quantitative estimate of drug-likeness (QED) is 0.796. The van der Waals surface area contributed by atoms with Crippen molar-refractivity contribution in [2.24, 2.45) is 11.8 Å². The second-order valence-corrected chi connectivity index (χ2v) is 5.63. The van der Waals surface area contributed by atoms with E-state index in [1.54, 1.807) is 7.11 Å². The minimum atomic E-state index is -0.0223. The standard InChI is InChI=1S/C13H24N2O2/c1-9(2)10-4-5-15(8-10)13(16)12-6-11(17-3)7-14-12/h9-12,14H,4-8H2,1-3H3. The summed E-state index contributed by atoms with van der Waals surface area (Å²) in [5, 5.41) is 3.26. The molecule has 2 aliphatic rings. The van der Waals surface area contributed by atoms with E-state index in [0.717, 1.165) is 32.5 Å². The molecule has 4 nitrogen and oxygen atoms in total. The van der Waals surface area contributed by atoms with Gasteiger partial charge in [0.25, 0.3) is 0 Å². The molecule has 2 heterocycles. The van der Waals surface area contributed by atoms with Gasteiger partial charge < -0.3 is 15.0 Å². The van der Waals surface area contributed by atoms with Gasteiger partial charge in [-0.1, -0.05) is 13.8 Å². The van der Waals surface area contributed by atoms with Crippen LogP contribution in [0.1, 0.15) is 26.7 Å². The van der Waals surface area contributed by atoms with Crippen LogP contribution in [0.25, 0.3) is 0 Å². The van der Waals surface area contributed by atoms with Crippen LogP contribution in [0.3, 0.4) is 0 Å². The Balaban J connectivity index is 1.85. The van der Waals surface area contributed by atoms with Gasteiger partial charge in [-0.3, -0.25) is 4.79 Å². The van der Waals surface area contributed by atoms with Crippen LogP contribution in [-0.2, 0) is 9.53 Å². The molecule has 98 valence electrons. The summed E-state index contributed by atoms with van der Waals surface area (Å²) in [6.07, 6.45) is 2.18. The highest BCUT2D eigenvalue weighted by molar-refractivity contribution is 5.82. The van der Waals surface area contributed by atoms with E-state index in [9.17, 15) is 4.79 Å². The molecule has 1 N–H and O–H groups in total. The molecule has 0 aromatic carbocycles. The summed E-state index contributed by atoms with van der Waals surface area (Å²) in [6.45, 7) is 7.15. The Morgan fingerprint density at radius 1 is 1.47 bits per heavy atom. The molecule has 0 saturated carbocycles. The lowest BCUT2D eigenvalue weighted by Crippen LogP contribution is -2.42. The molecule has 2 aliphatic heterocycles. The molecule has 2 rings (SSSR count). The monoisotopic (exact) mass is 240 g/mol. The van der Waals surface area contributed by atoms with Crippen LogP contribution in [0.15, 0.2) is 0 Å². The molecule has 2 saturated heterocycles. The molecule has 0 aromatic heterocycles. The van der Waals surface area contributed by atoms with Gasteiger partial charge in [0.15, 0.2) is 0 Å². The Bertz CT molecular complexity index is 281. The number of carbonyl (C=O) groups is 1. The summed E-state index contributed by atoms with van der Waals surface area (Å²) < 4.78 is 5.28.